The maximum absolute atomic E-state index is 12.0. The largest absolute Gasteiger partial charge is 0.350 e. The Labute approximate surface area is 101 Å². The summed E-state index contributed by atoms with van der Waals surface area (Å²) in [6.07, 6.45) is 5.14. The molecule has 1 saturated heterocycles. The number of aromatic nitrogens is 3. The van der Waals surface area contributed by atoms with Crippen LogP contribution in [0.2, 0.25) is 0 Å². The number of hydrogen-bond acceptors (Lipinski definition) is 4. The van der Waals surface area contributed by atoms with Gasteiger partial charge < -0.3 is 10.6 Å². The molecule has 3 unspecified atom stereocenters. The molecule has 1 aromatic rings. The second kappa shape index (κ2) is 5.27. The van der Waals surface area contributed by atoms with Crippen LogP contribution in [-0.4, -0.2) is 39.3 Å². The van der Waals surface area contributed by atoms with E-state index in [0.29, 0.717) is 6.04 Å². The molecule has 1 amide bonds. The first-order chi connectivity index (χ1) is 8.18. The predicted octanol–water partition coefficient (Wildman–Crippen LogP) is 0.0958. The van der Waals surface area contributed by atoms with E-state index in [1.54, 1.807) is 11.0 Å². The number of nitrogens with one attached hydrogen (secondary N) is 2. The Hall–Kier alpha value is -1.43. The maximum atomic E-state index is 12.0. The summed E-state index contributed by atoms with van der Waals surface area (Å²) in [6.45, 7) is 4.96. The molecule has 1 fully saturated rings. The standard InChI is InChI=1S/C11H19N5O/c1-8-10(4-3-5-13-8)15-11(17)9(2)16-7-12-6-14-16/h6-10,13H,3-5H2,1-2H3,(H,15,17). The lowest BCUT2D eigenvalue weighted by Crippen LogP contribution is -2.53. The number of nitrogens with zero attached hydrogens (tertiary/aromatic N) is 3. The van der Waals surface area contributed by atoms with Crippen molar-refractivity contribution in [2.45, 2.75) is 44.8 Å². The molecular weight excluding hydrogens is 218 g/mol. The minimum atomic E-state index is -0.313. The molecular formula is C11H19N5O. The number of hydrogen-bond donors (Lipinski definition) is 2. The van der Waals surface area contributed by atoms with E-state index in [0.717, 1.165) is 19.4 Å². The normalized spacial score (nSPS) is 26.5. The van der Waals surface area contributed by atoms with Gasteiger partial charge in [0.2, 0.25) is 5.91 Å². The summed E-state index contributed by atoms with van der Waals surface area (Å²) in [7, 11) is 0. The number of amides is 1. The van der Waals surface area contributed by atoms with Crippen LogP contribution in [0, 0.1) is 0 Å². The summed E-state index contributed by atoms with van der Waals surface area (Å²) in [5, 5.41) is 10.4. The van der Waals surface area contributed by atoms with Gasteiger partial charge in [0.25, 0.3) is 0 Å². The van der Waals surface area contributed by atoms with Crippen LogP contribution in [0.3, 0.4) is 0 Å². The molecule has 6 heteroatoms. The van der Waals surface area contributed by atoms with Gasteiger partial charge in [-0.3, -0.25) is 4.79 Å². The van der Waals surface area contributed by atoms with Gasteiger partial charge in [0, 0.05) is 12.1 Å². The van der Waals surface area contributed by atoms with Crippen LogP contribution in [0.15, 0.2) is 12.7 Å². The molecule has 0 spiro atoms. The molecule has 2 heterocycles. The Morgan fingerprint density at radius 3 is 3.12 bits per heavy atom. The van der Waals surface area contributed by atoms with E-state index in [2.05, 4.69) is 27.6 Å². The molecule has 0 bridgehead atoms. The van der Waals surface area contributed by atoms with E-state index >= 15 is 0 Å². The van der Waals surface area contributed by atoms with Gasteiger partial charge in [0.05, 0.1) is 0 Å². The van der Waals surface area contributed by atoms with Crippen LogP contribution in [-0.2, 0) is 4.79 Å². The van der Waals surface area contributed by atoms with Crippen LogP contribution in [0.5, 0.6) is 0 Å². The highest BCUT2D eigenvalue weighted by atomic mass is 16.2. The molecule has 1 aromatic heterocycles. The summed E-state index contributed by atoms with van der Waals surface area (Å²) >= 11 is 0. The Balaban J connectivity index is 1.92. The van der Waals surface area contributed by atoms with Crippen molar-refractivity contribution in [3.05, 3.63) is 12.7 Å². The van der Waals surface area contributed by atoms with Gasteiger partial charge in [-0.15, -0.1) is 0 Å². The lowest BCUT2D eigenvalue weighted by Gasteiger charge is -2.31. The number of piperidine rings is 1. The van der Waals surface area contributed by atoms with Crippen molar-refractivity contribution >= 4 is 5.91 Å². The van der Waals surface area contributed by atoms with Crippen molar-refractivity contribution in [3.8, 4) is 0 Å². The van der Waals surface area contributed by atoms with Crippen molar-refractivity contribution in [2.75, 3.05) is 6.54 Å². The fourth-order valence-corrected chi connectivity index (χ4v) is 2.08. The molecule has 6 nitrogen and oxygen atoms in total. The third-order valence-electron chi connectivity index (χ3n) is 3.30. The minimum absolute atomic E-state index is 0.00366. The zero-order valence-electron chi connectivity index (χ0n) is 10.3. The van der Waals surface area contributed by atoms with E-state index in [1.165, 1.54) is 6.33 Å². The summed E-state index contributed by atoms with van der Waals surface area (Å²) in [5.41, 5.74) is 0. The first-order valence-corrected chi connectivity index (χ1v) is 6.06. The van der Waals surface area contributed by atoms with Crippen molar-refractivity contribution in [3.63, 3.8) is 0 Å². The fourth-order valence-electron chi connectivity index (χ4n) is 2.08. The number of carbonyl (C=O) groups excluding carboxylic acids is 1. The Bertz CT molecular complexity index is 364. The van der Waals surface area contributed by atoms with E-state index < -0.39 is 0 Å². The van der Waals surface area contributed by atoms with Crippen LogP contribution >= 0.6 is 0 Å². The third-order valence-corrected chi connectivity index (χ3v) is 3.30. The minimum Gasteiger partial charge on any atom is -0.350 e. The summed E-state index contributed by atoms with van der Waals surface area (Å²) < 4.78 is 1.57. The van der Waals surface area contributed by atoms with Gasteiger partial charge in [0.15, 0.2) is 0 Å². The average molecular weight is 237 g/mol. The lowest BCUT2D eigenvalue weighted by molar-refractivity contribution is -0.125. The smallest absolute Gasteiger partial charge is 0.244 e. The summed E-state index contributed by atoms with van der Waals surface area (Å²) in [5.74, 6) is -0.00366. The molecule has 17 heavy (non-hydrogen) atoms. The quantitative estimate of drug-likeness (QED) is 0.782. The number of rotatable bonds is 3. The van der Waals surface area contributed by atoms with Gasteiger partial charge in [-0.25, -0.2) is 9.67 Å². The second-order valence-electron chi connectivity index (χ2n) is 4.55. The van der Waals surface area contributed by atoms with Crippen LogP contribution < -0.4 is 10.6 Å². The second-order valence-corrected chi connectivity index (χ2v) is 4.55. The predicted molar refractivity (Wildman–Crippen MR) is 63.4 cm³/mol. The Morgan fingerprint density at radius 1 is 1.65 bits per heavy atom. The molecule has 2 N–H and O–H groups in total. The van der Waals surface area contributed by atoms with Crippen LogP contribution in [0.1, 0.15) is 32.7 Å². The molecule has 0 aliphatic carbocycles. The highest BCUT2D eigenvalue weighted by Gasteiger charge is 2.25. The zero-order valence-corrected chi connectivity index (χ0v) is 10.3. The highest BCUT2D eigenvalue weighted by Crippen LogP contribution is 2.10. The van der Waals surface area contributed by atoms with Crippen molar-refractivity contribution in [1.82, 2.24) is 25.4 Å². The van der Waals surface area contributed by atoms with Gasteiger partial charge in [-0.1, -0.05) is 0 Å². The van der Waals surface area contributed by atoms with Crippen molar-refractivity contribution in [1.29, 1.82) is 0 Å². The topological polar surface area (TPSA) is 71.8 Å². The van der Waals surface area contributed by atoms with Gasteiger partial charge in [-0.05, 0) is 33.2 Å². The van der Waals surface area contributed by atoms with Crippen LogP contribution in [0.25, 0.3) is 0 Å². The van der Waals surface area contributed by atoms with Crippen LogP contribution in [0.4, 0.5) is 0 Å². The van der Waals surface area contributed by atoms with Gasteiger partial charge in [-0.2, -0.15) is 5.10 Å². The zero-order chi connectivity index (χ0) is 12.3. The SMILES string of the molecule is CC1NCCCC1NC(=O)C(C)n1cncn1. The Kier molecular flexibility index (Phi) is 3.73. The Morgan fingerprint density at radius 2 is 2.47 bits per heavy atom. The number of carbonyl (C=O) groups is 1. The molecule has 1 aliphatic heterocycles. The van der Waals surface area contributed by atoms with E-state index in [9.17, 15) is 4.79 Å². The first kappa shape index (κ1) is 12.0. The molecule has 94 valence electrons. The van der Waals surface area contributed by atoms with Crippen molar-refractivity contribution in [2.24, 2.45) is 0 Å². The summed E-state index contributed by atoms with van der Waals surface area (Å²) in [4.78, 5) is 15.9. The fraction of sp³-hybridized carbons (Fsp3) is 0.727. The van der Waals surface area contributed by atoms with Gasteiger partial charge in [0.1, 0.15) is 18.7 Å². The lowest BCUT2D eigenvalue weighted by atomic mass is 9.99. The summed E-state index contributed by atoms with van der Waals surface area (Å²) in [6, 6.07) is 0.226. The van der Waals surface area contributed by atoms with E-state index in [4.69, 9.17) is 0 Å². The maximum Gasteiger partial charge on any atom is 0.244 e. The molecule has 2 rings (SSSR count). The monoisotopic (exact) mass is 237 g/mol. The molecule has 1 aliphatic rings. The van der Waals surface area contributed by atoms with E-state index in [-0.39, 0.29) is 18.0 Å². The third kappa shape index (κ3) is 2.82. The first-order valence-electron chi connectivity index (χ1n) is 6.06. The molecule has 0 saturated carbocycles. The molecule has 0 radical (unpaired) electrons. The van der Waals surface area contributed by atoms with Gasteiger partial charge >= 0.3 is 0 Å². The molecule has 0 aromatic carbocycles. The van der Waals surface area contributed by atoms with E-state index in [1.807, 2.05) is 6.92 Å². The highest BCUT2D eigenvalue weighted by molar-refractivity contribution is 5.80. The molecule has 3 atom stereocenters. The average Bonchev–Trinajstić information content (AvgIpc) is 2.84. The van der Waals surface area contributed by atoms with Crippen molar-refractivity contribution < 1.29 is 4.79 Å².